The first-order valence-corrected chi connectivity index (χ1v) is 9.92. The van der Waals surface area contributed by atoms with Crippen molar-refractivity contribution in [2.75, 3.05) is 19.6 Å². The van der Waals surface area contributed by atoms with Gasteiger partial charge in [-0.1, -0.05) is 62.4 Å². The van der Waals surface area contributed by atoms with E-state index in [1.165, 1.54) is 16.0 Å². The van der Waals surface area contributed by atoms with Crippen LogP contribution >= 0.6 is 11.8 Å². The van der Waals surface area contributed by atoms with Crippen molar-refractivity contribution in [1.29, 1.82) is 0 Å². The summed E-state index contributed by atoms with van der Waals surface area (Å²) in [6.07, 6.45) is 0.827. The van der Waals surface area contributed by atoms with Crippen LogP contribution in [0.5, 0.6) is 0 Å². The molecule has 1 aliphatic heterocycles. The van der Waals surface area contributed by atoms with Crippen LogP contribution in [0.25, 0.3) is 0 Å². The van der Waals surface area contributed by atoms with Gasteiger partial charge in [0.15, 0.2) is 0 Å². The molecule has 1 amide bonds. The molecular weight excluding hydrogens is 328 g/mol. The first kappa shape index (κ1) is 18.0. The van der Waals surface area contributed by atoms with Gasteiger partial charge in [-0.25, -0.2) is 0 Å². The van der Waals surface area contributed by atoms with Gasteiger partial charge in [-0.2, -0.15) is 0 Å². The monoisotopic (exact) mass is 354 g/mol. The second-order valence-electron chi connectivity index (χ2n) is 6.31. The van der Waals surface area contributed by atoms with E-state index in [1.807, 2.05) is 18.2 Å². The smallest absolute Gasteiger partial charge is 0.233 e. The number of nitrogens with one attached hydrogen (secondary N) is 1. The molecule has 0 aliphatic carbocycles. The average molecular weight is 355 g/mol. The number of carbonyl (C=O) groups is 1. The van der Waals surface area contributed by atoms with Gasteiger partial charge in [0.25, 0.3) is 0 Å². The van der Waals surface area contributed by atoms with E-state index in [9.17, 15) is 4.79 Å². The van der Waals surface area contributed by atoms with Crippen molar-refractivity contribution in [3.05, 3.63) is 65.7 Å². The Morgan fingerprint density at radius 3 is 2.48 bits per heavy atom. The number of carbonyl (C=O) groups excluding carboxylic acids is 1. The second-order valence-corrected chi connectivity index (χ2v) is 7.56. The maximum Gasteiger partial charge on any atom is 0.233 e. The lowest BCUT2D eigenvalue weighted by atomic mass is 10.0. The average Bonchev–Trinajstić information content (AvgIpc) is 3.10. The number of benzene rings is 2. The Kier molecular flexibility index (Phi) is 6.16. The van der Waals surface area contributed by atoms with E-state index in [4.69, 9.17) is 0 Å². The van der Waals surface area contributed by atoms with Crippen molar-refractivity contribution < 1.29 is 4.79 Å². The van der Waals surface area contributed by atoms with E-state index in [1.54, 1.807) is 11.8 Å². The van der Waals surface area contributed by atoms with E-state index < -0.39 is 0 Å². The molecule has 2 aromatic carbocycles. The van der Waals surface area contributed by atoms with Gasteiger partial charge in [0.1, 0.15) is 0 Å². The van der Waals surface area contributed by atoms with Gasteiger partial charge in [-0.3, -0.25) is 9.69 Å². The maximum atomic E-state index is 12.7. The molecule has 0 aromatic heterocycles. The number of hydrogen-bond acceptors (Lipinski definition) is 3. The number of nitrogens with zero attached hydrogens (tertiary/aromatic N) is 1. The third kappa shape index (κ3) is 4.25. The molecule has 132 valence electrons. The van der Waals surface area contributed by atoms with E-state index in [2.05, 4.69) is 60.5 Å². The number of rotatable bonds is 7. The molecule has 0 spiro atoms. The molecular formula is C21H26N2OS. The predicted molar refractivity (Wildman–Crippen MR) is 105 cm³/mol. The minimum Gasteiger partial charge on any atom is -0.353 e. The largest absolute Gasteiger partial charge is 0.353 e. The van der Waals surface area contributed by atoms with Gasteiger partial charge in [0, 0.05) is 11.4 Å². The minimum atomic E-state index is -0.00877. The highest BCUT2D eigenvalue weighted by Crippen LogP contribution is 2.36. The SMILES string of the molecule is CCN(CC)[C@@H](CNC(=O)[C@@H]1Cc2ccccc2S1)c1ccccc1. The fourth-order valence-corrected chi connectivity index (χ4v) is 4.66. The number of thioether (sulfide) groups is 1. The fraction of sp³-hybridized carbons (Fsp3) is 0.381. The Morgan fingerprint density at radius 1 is 1.12 bits per heavy atom. The standard InChI is InChI=1S/C21H26N2OS/c1-3-23(4-2)18(16-10-6-5-7-11-16)15-22-21(24)20-14-17-12-8-9-13-19(17)25-20/h5-13,18,20H,3-4,14-15H2,1-2H3,(H,22,24)/t18-,20-/m0/s1. The molecule has 0 bridgehead atoms. The Balaban J connectivity index is 1.64. The fourth-order valence-electron chi connectivity index (χ4n) is 3.44. The van der Waals surface area contributed by atoms with Crippen LogP contribution in [0.1, 0.15) is 31.0 Å². The molecule has 0 radical (unpaired) electrons. The van der Waals surface area contributed by atoms with E-state index >= 15 is 0 Å². The highest BCUT2D eigenvalue weighted by atomic mass is 32.2. The van der Waals surface area contributed by atoms with Crippen molar-refractivity contribution in [3.8, 4) is 0 Å². The molecule has 0 unspecified atom stereocenters. The van der Waals surface area contributed by atoms with Crippen LogP contribution in [-0.2, 0) is 11.2 Å². The molecule has 2 atom stereocenters. The zero-order chi connectivity index (χ0) is 17.6. The van der Waals surface area contributed by atoms with Crippen molar-refractivity contribution >= 4 is 17.7 Å². The van der Waals surface area contributed by atoms with Crippen LogP contribution in [0.3, 0.4) is 0 Å². The molecule has 1 N–H and O–H groups in total. The van der Waals surface area contributed by atoms with Crippen molar-refractivity contribution in [1.82, 2.24) is 10.2 Å². The van der Waals surface area contributed by atoms with Gasteiger partial charge in [0.2, 0.25) is 5.91 Å². The molecule has 1 aliphatic rings. The summed E-state index contributed by atoms with van der Waals surface area (Å²) in [5, 5.41) is 3.20. The van der Waals surface area contributed by atoms with E-state index in [-0.39, 0.29) is 17.2 Å². The van der Waals surface area contributed by atoms with Crippen molar-refractivity contribution in [3.63, 3.8) is 0 Å². The highest BCUT2D eigenvalue weighted by molar-refractivity contribution is 8.01. The summed E-state index contributed by atoms with van der Waals surface area (Å²) in [5.74, 6) is 0.147. The molecule has 1 heterocycles. The molecule has 4 heteroatoms. The van der Waals surface area contributed by atoms with Gasteiger partial charge >= 0.3 is 0 Å². The quantitative estimate of drug-likeness (QED) is 0.818. The van der Waals surface area contributed by atoms with Gasteiger partial charge in [-0.15, -0.1) is 11.8 Å². The zero-order valence-electron chi connectivity index (χ0n) is 14.9. The number of amides is 1. The van der Waals surface area contributed by atoms with Gasteiger partial charge in [0.05, 0.1) is 11.3 Å². The molecule has 0 saturated carbocycles. The summed E-state index contributed by atoms with van der Waals surface area (Å²) in [7, 11) is 0. The first-order valence-electron chi connectivity index (χ1n) is 9.04. The van der Waals surface area contributed by atoms with Gasteiger partial charge in [-0.05, 0) is 36.7 Å². The Bertz CT molecular complexity index is 675. The molecule has 25 heavy (non-hydrogen) atoms. The lowest BCUT2D eigenvalue weighted by molar-refractivity contribution is -0.120. The maximum absolute atomic E-state index is 12.7. The summed E-state index contributed by atoms with van der Waals surface area (Å²) < 4.78 is 0. The second kappa shape index (κ2) is 8.54. The summed E-state index contributed by atoms with van der Waals surface area (Å²) in [6.45, 7) is 6.93. The number of fused-ring (bicyclic) bond motifs is 1. The van der Waals surface area contributed by atoms with E-state index in [0.29, 0.717) is 6.54 Å². The summed E-state index contributed by atoms with van der Waals surface area (Å²) >= 11 is 1.69. The third-order valence-electron chi connectivity index (χ3n) is 4.85. The Hall–Kier alpha value is -1.78. The lowest BCUT2D eigenvalue weighted by Crippen LogP contribution is -2.41. The third-order valence-corrected chi connectivity index (χ3v) is 6.16. The van der Waals surface area contributed by atoms with Gasteiger partial charge < -0.3 is 5.32 Å². The summed E-state index contributed by atoms with van der Waals surface area (Å²) in [4.78, 5) is 16.3. The van der Waals surface area contributed by atoms with Crippen LogP contribution < -0.4 is 5.32 Å². The molecule has 0 saturated heterocycles. The highest BCUT2D eigenvalue weighted by Gasteiger charge is 2.28. The van der Waals surface area contributed by atoms with Crippen LogP contribution in [0, 0.1) is 0 Å². The van der Waals surface area contributed by atoms with Crippen LogP contribution in [0.2, 0.25) is 0 Å². The lowest BCUT2D eigenvalue weighted by Gasteiger charge is -2.30. The normalized spacial score (nSPS) is 17.3. The number of hydrogen-bond donors (Lipinski definition) is 1. The molecule has 3 rings (SSSR count). The number of likely N-dealkylation sites (N-methyl/N-ethyl adjacent to an activating group) is 1. The first-order chi connectivity index (χ1) is 12.2. The Labute approximate surface area is 154 Å². The zero-order valence-corrected chi connectivity index (χ0v) is 15.8. The van der Waals surface area contributed by atoms with Crippen LogP contribution in [0.4, 0.5) is 0 Å². The predicted octanol–water partition coefficient (Wildman–Crippen LogP) is 3.90. The molecule has 0 fully saturated rings. The van der Waals surface area contributed by atoms with E-state index in [0.717, 1.165) is 19.5 Å². The topological polar surface area (TPSA) is 32.3 Å². The van der Waals surface area contributed by atoms with Crippen molar-refractivity contribution in [2.24, 2.45) is 0 Å². The molecule has 3 nitrogen and oxygen atoms in total. The summed E-state index contributed by atoms with van der Waals surface area (Å²) in [5.41, 5.74) is 2.55. The summed E-state index contributed by atoms with van der Waals surface area (Å²) in [6, 6.07) is 19.0. The van der Waals surface area contributed by atoms with Crippen LogP contribution in [0.15, 0.2) is 59.5 Å². The van der Waals surface area contributed by atoms with Crippen molar-refractivity contribution in [2.45, 2.75) is 36.5 Å². The Morgan fingerprint density at radius 2 is 1.80 bits per heavy atom. The minimum absolute atomic E-state index is 0.00877. The molecule has 2 aromatic rings. The van der Waals surface area contributed by atoms with Crippen LogP contribution in [-0.4, -0.2) is 35.7 Å².